The highest BCUT2D eigenvalue weighted by molar-refractivity contribution is 5.94. The molecule has 1 amide bonds. The number of aryl methyl sites for hydroxylation is 1. The Bertz CT molecular complexity index is 575. The predicted molar refractivity (Wildman–Crippen MR) is 81.5 cm³/mol. The van der Waals surface area contributed by atoms with Crippen LogP contribution >= 0.6 is 0 Å². The Kier molecular flexibility index (Phi) is 4.45. The third kappa shape index (κ3) is 3.20. The number of hydrogen-bond acceptors (Lipinski definition) is 2. The molecule has 0 bridgehead atoms. The van der Waals surface area contributed by atoms with E-state index < -0.39 is 0 Å². The normalized spacial score (nSPS) is 12.1. The molecule has 0 saturated heterocycles. The summed E-state index contributed by atoms with van der Waals surface area (Å²) >= 11 is 0. The van der Waals surface area contributed by atoms with Gasteiger partial charge in [0, 0.05) is 12.7 Å². The van der Waals surface area contributed by atoms with Gasteiger partial charge in [-0.15, -0.1) is 0 Å². The SMILES string of the molecule is CCCn1cc(N)cc1C(=O)N[C@@H](C)c1ccccc1. The van der Waals surface area contributed by atoms with Gasteiger partial charge in [-0.25, -0.2) is 0 Å². The standard InChI is InChI=1S/C16H21N3O/c1-3-9-19-11-14(17)10-15(19)16(20)18-12(2)13-7-5-4-6-8-13/h4-8,10-12H,3,9,17H2,1-2H3,(H,18,20)/t12-/m0/s1. The average Bonchev–Trinajstić information content (AvgIpc) is 2.81. The number of anilines is 1. The van der Waals surface area contributed by atoms with Crippen molar-refractivity contribution in [3.63, 3.8) is 0 Å². The van der Waals surface area contributed by atoms with E-state index in [4.69, 9.17) is 5.73 Å². The maximum atomic E-state index is 12.3. The molecule has 1 aromatic heterocycles. The van der Waals surface area contributed by atoms with Crippen molar-refractivity contribution in [1.29, 1.82) is 0 Å². The third-order valence-corrected chi connectivity index (χ3v) is 3.26. The summed E-state index contributed by atoms with van der Waals surface area (Å²) in [6, 6.07) is 11.6. The van der Waals surface area contributed by atoms with Crippen LogP contribution in [-0.4, -0.2) is 10.5 Å². The van der Waals surface area contributed by atoms with E-state index in [0.29, 0.717) is 11.4 Å². The second-order valence-corrected chi connectivity index (χ2v) is 4.96. The van der Waals surface area contributed by atoms with Crippen LogP contribution in [0.15, 0.2) is 42.6 Å². The Morgan fingerprint density at radius 2 is 2.05 bits per heavy atom. The molecule has 20 heavy (non-hydrogen) atoms. The van der Waals surface area contributed by atoms with Crippen molar-refractivity contribution >= 4 is 11.6 Å². The van der Waals surface area contributed by atoms with Crippen molar-refractivity contribution in [1.82, 2.24) is 9.88 Å². The van der Waals surface area contributed by atoms with Crippen LogP contribution in [-0.2, 0) is 6.54 Å². The zero-order valence-corrected chi connectivity index (χ0v) is 12.0. The summed E-state index contributed by atoms with van der Waals surface area (Å²) in [7, 11) is 0. The topological polar surface area (TPSA) is 60.0 Å². The fourth-order valence-corrected chi connectivity index (χ4v) is 2.25. The largest absolute Gasteiger partial charge is 0.397 e. The van der Waals surface area contributed by atoms with Gasteiger partial charge in [-0.05, 0) is 25.0 Å². The van der Waals surface area contributed by atoms with E-state index in [0.717, 1.165) is 18.5 Å². The molecule has 0 saturated carbocycles. The third-order valence-electron chi connectivity index (χ3n) is 3.26. The molecule has 0 spiro atoms. The molecular formula is C16H21N3O. The Morgan fingerprint density at radius 1 is 1.35 bits per heavy atom. The van der Waals surface area contributed by atoms with Crippen molar-refractivity contribution in [2.45, 2.75) is 32.9 Å². The Morgan fingerprint density at radius 3 is 2.70 bits per heavy atom. The van der Waals surface area contributed by atoms with E-state index in [1.807, 2.05) is 48.0 Å². The van der Waals surface area contributed by atoms with Crippen molar-refractivity contribution in [2.24, 2.45) is 0 Å². The molecule has 0 aliphatic carbocycles. The summed E-state index contributed by atoms with van der Waals surface area (Å²) in [4.78, 5) is 12.3. The van der Waals surface area contributed by atoms with Crippen molar-refractivity contribution in [3.8, 4) is 0 Å². The minimum absolute atomic E-state index is 0.0325. The molecule has 2 aromatic rings. The zero-order valence-electron chi connectivity index (χ0n) is 12.0. The highest BCUT2D eigenvalue weighted by Gasteiger charge is 2.15. The van der Waals surface area contributed by atoms with Crippen LogP contribution in [0, 0.1) is 0 Å². The maximum absolute atomic E-state index is 12.3. The monoisotopic (exact) mass is 271 g/mol. The van der Waals surface area contributed by atoms with Crippen molar-refractivity contribution < 1.29 is 4.79 Å². The quantitative estimate of drug-likeness (QED) is 0.878. The van der Waals surface area contributed by atoms with Gasteiger partial charge in [-0.2, -0.15) is 0 Å². The number of rotatable bonds is 5. The van der Waals surface area contributed by atoms with E-state index in [9.17, 15) is 4.79 Å². The lowest BCUT2D eigenvalue weighted by molar-refractivity contribution is 0.0930. The number of carbonyl (C=O) groups is 1. The summed E-state index contributed by atoms with van der Waals surface area (Å²) < 4.78 is 1.91. The minimum atomic E-state index is -0.0912. The number of hydrogen-bond donors (Lipinski definition) is 2. The summed E-state index contributed by atoms with van der Waals surface area (Å²) in [5.41, 5.74) is 8.11. The van der Waals surface area contributed by atoms with Crippen molar-refractivity contribution in [3.05, 3.63) is 53.9 Å². The highest BCUT2D eigenvalue weighted by atomic mass is 16.2. The van der Waals surface area contributed by atoms with Crippen LogP contribution in [0.5, 0.6) is 0 Å². The Hall–Kier alpha value is -2.23. The smallest absolute Gasteiger partial charge is 0.268 e. The second-order valence-electron chi connectivity index (χ2n) is 4.96. The zero-order chi connectivity index (χ0) is 14.5. The first kappa shape index (κ1) is 14.2. The number of carbonyl (C=O) groups excluding carboxylic acids is 1. The van der Waals surface area contributed by atoms with Crippen LogP contribution in [0.25, 0.3) is 0 Å². The molecule has 0 fully saturated rings. The molecule has 4 nitrogen and oxygen atoms in total. The lowest BCUT2D eigenvalue weighted by Crippen LogP contribution is -2.28. The molecule has 2 rings (SSSR count). The summed E-state index contributed by atoms with van der Waals surface area (Å²) in [5.74, 6) is -0.0912. The van der Waals surface area contributed by atoms with Crippen LogP contribution in [0.2, 0.25) is 0 Å². The van der Waals surface area contributed by atoms with Crippen LogP contribution in [0.4, 0.5) is 5.69 Å². The number of aromatic nitrogens is 1. The van der Waals surface area contributed by atoms with Crippen LogP contribution < -0.4 is 11.1 Å². The molecule has 4 heteroatoms. The molecule has 1 aromatic carbocycles. The number of nitrogens with two attached hydrogens (primary N) is 1. The summed E-state index contributed by atoms with van der Waals surface area (Å²) in [5, 5.41) is 3.01. The van der Waals surface area contributed by atoms with Gasteiger partial charge in [0.1, 0.15) is 5.69 Å². The van der Waals surface area contributed by atoms with Gasteiger partial charge in [0.05, 0.1) is 11.7 Å². The van der Waals surface area contributed by atoms with Gasteiger partial charge in [-0.1, -0.05) is 37.3 Å². The highest BCUT2D eigenvalue weighted by Crippen LogP contribution is 2.15. The number of amides is 1. The number of nitrogens with one attached hydrogen (secondary N) is 1. The second kappa shape index (κ2) is 6.28. The van der Waals surface area contributed by atoms with E-state index in [-0.39, 0.29) is 11.9 Å². The number of nitrogen functional groups attached to an aromatic ring is 1. The van der Waals surface area contributed by atoms with Crippen LogP contribution in [0.1, 0.15) is 42.4 Å². The molecular weight excluding hydrogens is 250 g/mol. The molecule has 106 valence electrons. The Labute approximate surface area is 119 Å². The fourth-order valence-electron chi connectivity index (χ4n) is 2.25. The van der Waals surface area contributed by atoms with Gasteiger partial charge in [0.25, 0.3) is 5.91 Å². The number of benzene rings is 1. The Balaban J connectivity index is 2.12. The molecule has 0 unspecified atom stereocenters. The van der Waals surface area contributed by atoms with E-state index in [1.165, 1.54) is 0 Å². The van der Waals surface area contributed by atoms with Gasteiger partial charge in [-0.3, -0.25) is 4.79 Å². The molecule has 1 atom stereocenters. The average molecular weight is 271 g/mol. The fraction of sp³-hybridized carbons (Fsp3) is 0.312. The van der Waals surface area contributed by atoms with Gasteiger partial charge >= 0.3 is 0 Å². The molecule has 1 heterocycles. The minimum Gasteiger partial charge on any atom is -0.397 e. The lowest BCUT2D eigenvalue weighted by Gasteiger charge is -2.15. The first-order chi connectivity index (χ1) is 9.61. The van der Waals surface area contributed by atoms with E-state index in [2.05, 4.69) is 12.2 Å². The summed E-state index contributed by atoms with van der Waals surface area (Å²) in [6.45, 7) is 4.84. The molecule has 3 N–H and O–H groups in total. The first-order valence-electron chi connectivity index (χ1n) is 6.93. The molecule has 0 aliphatic heterocycles. The van der Waals surface area contributed by atoms with E-state index >= 15 is 0 Å². The van der Waals surface area contributed by atoms with Gasteiger partial charge < -0.3 is 15.6 Å². The molecule has 0 aliphatic rings. The van der Waals surface area contributed by atoms with Gasteiger partial charge in [0.15, 0.2) is 0 Å². The first-order valence-corrected chi connectivity index (χ1v) is 6.93. The maximum Gasteiger partial charge on any atom is 0.268 e. The predicted octanol–water partition coefficient (Wildman–Crippen LogP) is 2.97. The summed E-state index contributed by atoms with van der Waals surface area (Å²) in [6.07, 6.45) is 2.77. The van der Waals surface area contributed by atoms with Crippen LogP contribution in [0.3, 0.4) is 0 Å². The van der Waals surface area contributed by atoms with Gasteiger partial charge in [0.2, 0.25) is 0 Å². The van der Waals surface area contributed by atoms with E-state index in [1.54, 1.807) is 6.07 Å². The van der Waals surface area contributed by atoms with Crippen molar-refractivity contribution in [2.75, 3.05) is 5.73 Å². The number of nitrogens with zero attached hydrogens (tertiary/aromatic N) is 1. The molecule has 0 radical (unpaired) electrons. The lowest BCUT2D eigenvalue weighted by atomic mass is 10.1.